The summed E-state index contributed by atoms with van der Waals surface area (Å²) in [6.45, 7) is 7.03. The van der Waals surface area contributed by atoms with E-state index in [1.54, 1.807) is 46.0 Å². The third-order valence-corrected chi connectivity index (χ3v) is 3.74. The number of nitrogens with zero attached hydrogens (tertiary/aromatic N) is 4. The topological polar surface area (TPSA) is 69.9 Å². The third-order valence-electron chi connectivity index (χ3n) is 3.30. The molecule has 3 rings (SSSR count). The third kappa shape index (κ3) is 3.53. The molecule has 130 valence electrons. The molecule has 0 unspecified atom stereocenters. The molecule has 0 fully saturated rings. The number of fused-ring (bicyclic) bond motifs is 1. The molecule has 0 aliphatic heterocycles. The van der Waals surface area contributed by atoms with E-state index in [1.807, 2.05) is 0 Å². The number of pyridine rings is 2. The van der Waals surface area contributed by atoms with Gasteiger partial charge in [-0.3, -0.25) is 4.98 Å². The first-order valence-corrected chi connectivity index (χ1v) is 8.35. The maximum Gasteiger partial charge on any atom is 0.437 e. The van der Waals surface area contributed by atoms with Gasteiger partial charge in [-0.1, -0.05) is 0 Å². The van der Waals surface area contributed by atoms with E-state index >= 15 is 0 Å². The van der Waals surface area contributed by atoms with E-state index in [0.717, 1.165) is 10.9 Å². The van der Waals surface area contributed by atoms with Crippen molar-refractivity contribution in [1.29, 1.82) is 0 Å². The molecule has 0 saturated heterocycles. The quantitative estimate of drug-likeness (QED) is 0.595. The number of hydrogen-bond donors (Lipinski definition) is 0. The highest BCUT2D eigenvalue weighted by Gasteiger charge is 2.24. The minimum atomic E-state index is -0.691. The summed E-state index contributed by atoms with van der Waals surface area (Å²) >= 11 is 3.35. The van der Waals surface area contributed by atoms with Gasteiger partial charge in [0.25, 0.3) is 0 Å². The van der Waals surface area contributed by atoms with E-state index < -0.39 is 17.5 Å². The van der Waals surface area contributed by atoms with Crippen molar-refractivity contribution >= 4 is 33.1 Å². The number of aryl methyl sites for hydroxylation is 1. The van der Waals surface area contributed by atoms with Crippen molar-refractivity contribution in [2.75, 3.05) is 0 Å². The molecular formula is C17H16BrFN4O2. The number of halogens is 2. The lowest BCUT2D eigenvalue weighted by atomic mass is 10.1. The van der Waals surface area contributed by atoms with E-state index in [0.29, 0.717) is 26.9 Å². The van der Waals surface area contributed by atoms with E-state index in [1.165, 1.54) is 0 Å². The lowest BCUT2D eigenvalue weighted by Crippen LogP contribution is -2.27. The maximum atomic E-state index is 14.3. The second kappa shape index (κ2) is 6.18. The van der Waals surface area contributed by atoms with Gasteiger partial charge in [0.15, 0.2) is 11.5 Å². The Hall–Kier alpha value is -2.35. The van der Waals surface area contributed by atoms with Crippen molar-refractivity contribution in [3.8, 4) is 11.3 Å². The summed E-state index contributed by atoms with van der Waals surface area (Å²) in [6.07, 6.45) is 2.00. The molecule has 8 heteroatoms. The smallest absolute Gasteiger partial charge is 0.437 e. The molecule has 0 saturated carbocycles. The van der Waals surface area contributed by atoms with Crippen LogP contribution in [0.1, 0.15) is 26.5 Å². The summed E-state index contributed by atoms with van der Waals surface area (Å²) in [5.41, 5.74) is 0.793. The van der Waals surface area contributed by atoms with Crippen LogP contribution in [-0.4, -0.2) is 31.4 Å². The summed E-state index contributed by atoms with van der Waals surface area (Å²) < 4.78 is 21.4. The van der Waals surface area contributed by atoms with E-state index in [9.17, 15) is 9.18 Å². The zero-order valence-corrected chi connectivity index (χ0v) is 15.8. The maximum absolute atomic E-state index is 14.3. The SMILES string of the molecule is Cc1cc(-c2nn(C(=O)OC(C)(C)C)c3ncc(Br)cc23)c(F)cn1. The number of ether oxygens (including phenoxy) is 1. The lowest BCUT2D eigenvalue weighted by Gasteiger charge is -2.18. The Morgan fingerprint density at radius 3 is 2.64 bits per heavy atom. The van der Waals surface area contributed by atoms with Gasteiger partial charge in [-0.25, -0.2) is 14.2 Å². The Labute approximate surface area is 152 Å². The lowest BCUT2D eigenvalue weighted by molar-refractivity contribution is 0.0522. The van der Waals surface area contributed by atoms with E-state index in [-0.39, 0.29) is 5.56 Å². The molecule has 6 nitrogen and oxygen atoms in total. The molecule has 0 atom stereocenters. The second-order valence-corrected chi connectivity index (χ2v) is 7.49. The molecule has 0 aromatic carbocycles. The molecule has 3 aromatic heterocycles. The van der Waals surface area contributed by atoms with Crippen LogP contribution in [-0.2, 0) is 4.74 Å². The summed E-state index contributed by atoms with van der Waals surface area (Å²) in [5, 5.41) is 4.81. The number of rotatable bonds is 1. The van der Waals surface area contributed by atoms with Crippen molar-refractivity contribution in [3.63, 3.8) is 0 Å². The molecule has 25 heavy (non-hydrogen) atoms. The van der Waals surface area contributed by atoms with Gasteiger partial charge >= 0.3 is 6.09 Å². The molecule has 0 bridgehead atoms. The fourth-order valence-corrected chi connectivity index (χ4v) is 2.66. The Morgan fingerprint density at radius 2 is 1.96 bits per heavy atom. The molecule has 0 aliphatic rings. The Morgan fingerprint density at radius 1 is 1.24 bits per heavy atom. The van der Waals surface area contributed by atoms with Crippen LogP contribution in [0.2, 0.25) is 0 Å². The largest absolute Gasteiger partial charge is 0.442 e. The first-order valence-electron chi connectivity index (χ1n) is 7.56. The zero-order chi connectivity index (χ0) is 18.4. The summed E-state index contributed by atoms with van der Waals surface area (Å²) in [5.74, 6) is -0.527. The summed E-state index contributed by atoms with van der Waals surface area (Å²) in [4.78, 5) is 20.6. The summed E-state index contributed by atoms with van der Waals surface area (Å²) in [7, 11) is 0. The number of aromatic nitrogens is 4. The minimum absolute atomic E-state index is 0.250. The fraction of sp³-hybridized carbons (Fsp3) is 0.294. The van der Waals surface area contributed by atoms with Crippen LogP contribution in [0.3, 0.4) is 0 Å². The predicted molar refractivity (Wildman–Crippen MR) is 94.8 cm³/mol. The minimum Gasteiger partial charge on any atom is -0.442 e. The number of hydrogen-bond acceptors (Lipinski definition) is 5. The monoisotopic (exact) mass is 406 g/mol. The highest BCUT2D eigenvalue weighted by molar-refractivity contribution is 9.10. The molecule has 3 aromatic rings. The number of carbonyl (C=O) groups is 1. The predicted octanol–water partition coefficient (Wildman–Crippen LogP) is 4.49. The number of carbonyl (C=O) groups excluding carboxylic acids is 1. The van der Waals surface area contributed by atoms with Gasteiger partial charge in [0, 0.05) is 27.3 Å². The van der Waals surface area contributed by atoms with Crippen molar-refractivity contribution in [1.82, 2.24) is 19.7 Å². The Bertz CT molecular complexity index is 979. The van der Waals surface area contributed by atoms with Gasteiger partial charge in [0.2, 0.25) is 0 Å². The first kappa shape index (κ1) is 17.5. The van der Waals surface area contributed by atoms with Crippen LogP contribution >= 0.6 is 15.9 Å². The van der Waals surface area contributed by atoms with Crippen LogP contribution < -0.4 is 0 Å². The van der Waals surface area contributed by atoms with Crippen LogP contribution in [0.15, 0.2) is 29.0 Å². The van der Waals surface area contributed by atoms with Gasteiger partial charge in [-0.2, -0.15) is 5.10 Å². The Balaban J connectivity index is 2.25. The summed E-state index contributed by atoms with van der Waals surface area (Å²) in [6, 6.07) is 3.32. The second-order valence-electron chi connectivity index (χ2n) is 6.57. The van der Waals surface area contributed by atoms with Crippen LogP contribution in [0.5, 0.6) is 0 Å². The van der Waals surface area contributed by atoms with Crippen molar-refractivity contribution < 1.29 is 13.9 Å². The van der Waals surface area contributed by atoms with E-state index in [4.69, 9.17) is 4.74 Å². The van der Waals surface area contributed by atoms with Crippen LogP contribution in [0.4, 0.5) is 9.18 Å². The average Bonchev–Trinajstić information content (AvgIpc) is 2.86. The van der Waals surface area contributed by atoms with Gasteiger partial charge in [-0.15, -0.1) is 4.68 Å². The molecule has 0 amide bonds. The highest BCUT2D eigenvalue weighted by Crippen LogP contribution is 2.31. The van der Waals surface area contributed by atoms with Gasteiger partial charge < -0.3 is 4.74 Å². The van der Waals surface area contributed by atoms with E-state index in [2.05, 4.69) is 31.0 Å². The first-order chi connectivity index (χ1) is 11.7. The van der Waals surface area contributed by atoms with Crippen LogP contribution in [0, 0.1) is 12.7 Å². The van der Waals surface area contributed by atoms with Gasteiger partial charge in [-0.05, 0) is 55.8 Å². The molecule has 3 heterocycles. The Kier molecular flexibility index (Phi) is 4.32. The van der Waals surface area contributed by atoms with Gasteiger partial charge in [0.1, 0.15) is 11.3 Å². The highest BCUT2D eigenvalue weighted by atomic mass is 79.9. The molecule has 0 N–H and O–H groups in total. The van der Waals surface area contributed by atoms with Crippen molar-refractivity contribution in [2.45, 2.75) is 33.3 Å². The molecule has 0 spiro atoms. The molecule has 0 radical (unpaired) electrons. The molecule has 0 aliphatic carbocycles. The van der Waals surface area contributed by atoms with Crippen LogP contribution in [0.25, 0.3) is 22.3 Å². The van der Waals surface area contributed by atoms with Gasteiger partial charge in [0.05, 0.1) is 6.20 Å². The zero-order valence-electron chi connectivity index (χ0n) is 14.2. The van der Waals surface area contributed by atoms with Crippen molar-refractivity contribution in [2.24, 2.45) is 0 Å². The fourth-order valence-electron chi connectivity index (χ4n) is 2.33. The molecular weight excluding hydrogens is 391 g/mol. The van der Waals surface area contributed by atoms with Crippen molar-refractivity contribution in [3.05, 3.63) is 40.5 Å². The normalized spacial score (nSPS) is 11.8. The average molecular weight is 407 g/mol. The standard InChI is InChI=1S/C17H16BrFN4O2/c1-9-5-11(13(19)8-20-9)14-12-6-10(18)7-21-15(12)23(22-14)16(24)25-17(2,3)4/h5-8H,1-4H3.